The van der Waals surface area contributed by atoms with Crippen molar-refractivity contribution in [2.24, 2.45) is 5.41 Å². The van der Waals surface area contributed by atoms with Crippen LogP contribution >= 0.6 is 0 Å². The second-order valence-electron chi connectivity index (χ2n) is 8.58. The van der Waals surface area contributed by atoms with E-state index in [1.54, 1.807) is 16.7 Å². The molecule has 2 saturated heterocycles. The number of rotatable bonds is 4. The Kier molecular flexibility index (Phi) is 4.82. The fraction of sp³-hybridized carbons (Fsp3) is 0.667. The molecule has 2 aliphatic heterocycles. The SMILES string of the molecule is Cc1cccc(=O)n1CCC(=O)N1CCC[C@@]2(CCC(=O)N(C3CC3)C2)C1. The molecule has 3 aliphatic rings. The maximum Gasteiger partial charge on any atom is 0.250 e. The molecule has 1 aromatic heterocycles. The summed E-state index contributed by atoms with van der Waals surface area (Å²) < 4.78 is 1.67. The topological polar surface area (TPSA) is 62.6 Å². The molecule has 3 heterocycles. The average Bonchev–Trinajstić information content (AvgIpc) is 3.49. The van der Waals surface area contributed by atoms with E-state index >= 15 is 0 Å². The molecular formula is C21H29N3O3. The summed E-state index contributed by atoms with van der Waals surface area (Å²) in [5, 5.41) is 0. The number of carbonyl (C=O) groups excluding carboxylic acids is 2. The van der Waals surface area contributed by atoms with Gasteiger partial charge in [-0.25, -0.2) is 0 Å². The number of nitrogens with zero attached hydrogens (tertiary/aromatic N) is 3. The fourth-order valence-electron chi connectivity index (χ4n) is 4.79. The Morgan fingerprint density at radius 3 is 2.74 bits per heavy atom. The first-order valence-corrected chi connectivity index (χ1v) is 10.2. The van der Waals surface area contributed by atoms with Gasteiger partial charge in [-0.3, -0.25) is 14.4 Å². The first-order valence-electron chi connectivity index (χ1n) is 10.2. The third-order valence-electron chi connectivity index (χ3n) is 6.51. The fourth-order valence-corrected chi connectivity index (χ4v) is 4.79. The van der Waals surface area contributed by atoms with Crippen molar-refractivity contribution in [2.75, 3.05) is 19.6 Å². The van der Waals surface area contributed by atoms with Crippen molar-refractivity contribution in [3.05, 3.63) is 34.2 Å². The van der Waals surface area contributed by atoms with E-state index in [2.05, 4.69) is 4.90 Å². The van der Waals surface area contributed by atoms with Crippen molar-refractivity contribution in [3.63, 3.8) is 0 Å². The number of hydrogen-bond acceptors (Lipinski definition) is 3. The molecule has 1 spiro atoms. The van der Waals surface area contributed by atoms with Crippen molar-refractivity contribution >= 4 is 11.8 Å². The lowest BCUT2D eigenvalue weighted by atomic mass is 9.73. The Labute approximate surface area is 160 Å². The van der Waals surface area contributed by atoms with E-state index in [0.29, 0.717) is 31.3 Å². The summed E-state index contributed by atoms with van der Waals surface area (Å²) in [6, 6.07) is 5.64. The number of hydrogen-bond donors (Lipinski definition) is 0. The van der Waals surface area contributed by atoms with Crippen LogP contribution in [-0.2, 0) is 16.1 Å². The minimum Gasteiger partial charge on any atom is -0.342 e. The summed E-state index contributed by atoms with van der Waals surface area (Å²) in [5.41, 5.74) is 0.907. The summed E-state index contributed by atoms with van der Waals surface area (Å²) in [6.07, 6.45) is 6.25. The van der Waals surface area contributed by atoms with Crippen LogP contribution in [0, 0.1) is 12.3 Å². The highest BCUT2D eigenvalue weighted by Gasteiger charge is 2.46. The van der Waals surface area contributed by atoms with Crippen LogP contribution in [0.5, 0.6) is 0 Å². The molecule has 0 bridgehead atoms. The lowest BCUT2D eigenvalue weighted by Crippen LogP contribution is -2.55. The molecule has 4 rings (SSSR count). The molecule has 1 aliphatic carbocycles. The third kappa shape index (κ3) is 3.80. The molecule has 0 aromatic carbocycles. The number of carbonyl (C=O) groups is 2. The predicted octanol–water partition coefficient (Wildman–Crippen LogP) is 1.94. The summed E-state index contributed by atoms with van der Waals surface area (Å²) in [5.74, 6) is 0.421. The zero-order chi connectivity index (χ0) is 19.0. The van der Waals surface area contributed by atoms with E-state index in [1.807, 2.05) is 17.9 Å². The zero-order valence-electron chi connectivity index (χ0n) is 16.2. The van der Waals surface area contributed by atoms with Crippen LogP contribution in [0.3, 0.4) is 0 Å². The average molecular weight is 371 g/mol. The van der Waals surface area contributed by atoms with E-state index in [0.717, 1.165) is 57.4 Å². The van der Waals surface area contributed by atoms with Crippen LogP contribution in [-0.4, -0.2) is 51.9 Å². The van der Waals surface area contributed by atoms with Gasteiger partial charge in [0.1, 0.15) is 0 Å². The summed E-state index contributed by atoms with van der Waals surface area (Å²) in [4.78, 5) is 41.2. The van der Waals surface area contributed by atoms with Gasteiger partial charge in [-0.05, 0) is 45.1 Å². The van der Waals surface area contributed by atoms with Gasteiger partial charge >= 0.3 is 0 Å². The van der Waals surface area contributed by atoms with E-state index in [-0.39, 0.29) is 16.9 Å². The highest BCUT2D eigenvalue weighted by Crippen LogP contribution is 2.42. The number of aryl methyl sites for hydroxylation is 1. The van der Waals surface area contributed by atoms with Crippen LogP contribution in [0.25, 0.3) is 0 Å². The Morgan fingerprint density at radius 1 is 1.19 bits per heavy atom. The van der Waals surface area contributed by atoms with Crippen molar-refractivity contribution in [3.8, 4) is 0 Å². The Balaban J connectivity index is 1.40. The van der Waals surface area contributed by atoms with Gasteiger partial charge in [0.15, 0.2) is 0 Å². The molecule has 0 N–H and O–H groups in total. The van der Waals surface area contributed by atoms with Crippen LogP contribution in [0.4, 0.5) is 0 Å². The maximum absolute atomic E-state index is 12.8. The number of pyridine rings is 1. The summed E-state index contributed by atoms with van der Waals surface area (Å²) in [7, 11) is 0. The Morgan fingerprint density at radius 2 is 2.00 bits per heavy atom. The van der Waals surface area contributed by atoms with Gasteiger partial charge in [0.25, 0.3) is 5.56 Å². The Hall–Kier alpha value is -2.11. The summed E-state index contributed by atoms with van der Waals surface area (Å²) >= 11 is 0. The van der Waals surface area contributed by atoms with Gasteiger partial charge in [0.05, 0.1) is 0 Å². The lowest BCUT2D eigenvalue weighted by molar-refractivity contribution is -0.143. The molecule has 6 heteroatoms. The smallest absolute Gasteiger partial charge is 0.250 e. The molecule has 27 heavy (non-hydrogen) atoms. The van der Waals surface area contributed by atoms with E-state index in [1.165, 1.54) is 0 Å². The first kappa shape index (κ1) is 18.3. The number of likely N-dealkylation sites (tertiary alicyclic amines) is 2. The van der Waals surface area contributed by atoms with Crippen molar-refractivity contribution < 1.29 is 9.59 Å². The van der Waals surface area contributed by atoms with Gasteiger partial charge in [-0.15, -0.1) is 0 Å². The molecule has 1 saturated carbocycles. The Bertz CT molecular complexity index is 798. The molecular weight excluding hydrogens is 342 g/mol. The highest BCUT2D eigenvalue weighted by atomic mass is 16.2. The van der Waals surface area contributed by atoms with Gasteiger partial charge in [-0.1, -0.05) is 6.07 Å². The number of piperidine rings is 2. The van der Waals surface area contributed by atoms with E-state index in [9.17, 15) is 14.4 Å². The molecule has 0 unspecified atom stereocenters. The maximum atomic E-state index is 12.8. The minimum absolute atomic E-state index is 0.0521. The monoisotopic (exact) mass is 371 g/mol. The van der Waals surface area contributed by atoms with Gasteiger partial charge in [0.2, 0.25) is 11.8 Å². The van der Waals surface area contributed by atoms with Crippen LogP contribution in [0.2, 0.25) is 0 Å². The number of aromatic nitrogens is 1. The second-order valence-corrected chi connectivity index (χ2v) is 8.58. The molecule has 0 radical (unpaired) electrons. The zero-order valence-corrected chi connectivity index (χ0v) is 16.2. The van der Waals surface area contributed by atoms with Crippen LogP contribution in [0.1, 0.15) is 50.6 Å². The van der Waals surface area contributed by atoms with Crippen LogP contribution in [0.15, 0.2) is 23.0 Å². The van der Waals surface area contributed by atoms with Gasteiger partial charge in [-0.2, -0.15) is 0 Å². The highest BCUT2D eigenvalue weighted by molar-refractivity contribution is 5.78. The summed E-state index contributed by atoms with van der Waals surface area (Å²) in [6.45, 7) is 4.69. The van der Waals surface area contributed by atoms with Crippen molar-refractivity contribution in [1.29, 1.82) is 0 Å². The standard InChI is InChI=1S/C21H29N3O3/c1-16-4-2-5-19(26)23(16)13-9-18(25)22-12-3-10-21(14-22)11-8-20(27)24(15-21)17-6-7-17/h2,4-5,17H,3,6-15H2,1H3/t21-/m1/s1. The molecule has 6 nitrogen and oxygen atoms in total. The molecule has 1 atom stereocenters. The quantitative estimate of drug-likeness (QED) is 0.813. The lowest BCUT2D eigenvalue weighted by Gasteiger charge is -2.48. The van der Waals surface area contributed by atoms with Crippen molar-refractivity contribution in [1.82, 2.24) is 14.4 Å². The third-order valence-corrected chi connectivity index (χ3v) is 6.51. The first-order chi connectivity index (χ1) is 13.0. The predicted molar refractivity (Wildman–Crippen MR) is 102 cm³/mol. The van der Waals surface area contributed by atoms with Gasteiger partial charge in [0, 0.05) is 62.2 Å². The van der Waals surface area contributed by atoms with Crippen LogP contribution < -0.4 is 5.56 Å². The largest absolute Gasteiger partial charge is 0.342 e. The van der Waals surface area contributed by atoms with E-state index < -0.39 is 0 Å². The minimum atomic E-state index is -0.0521. The van der Waals surface area contributed by atoms with Gasteiger partial charge < -0.3 is 14.4 Å². The molecule has 3 fully saturated rings. The van der Waals surface area contributed by atoms with Crippen molar-refractivity contribution in [2.45, 2.75) is 64.5 Å². The molecule has 1 aromatic rings. The molecule has 2 amide bonds. The number of amides is 2. The van der Waals surface area contributed by atoms with E-state index in [4.69, 9.17) is 0 Å². The normalized spacial score (nSPS) is 25.9. The molecule has 146 valence electrons. The second kappa shape index (κ2) is 7.13.